The molecule has 3 atom stereocenters. The van der Waals surface area contributed by atoms with Crippen molar-refractivity contribution in [3.05, 3.63) is 58.9 Å². The first-order valence-electron chi connectivity index (χ1n) is 12.9. The van der Waals surface area contributed by atoms with E-state index in [0.29, 0.717) is 29.1 Å². The van der Waals surface area contributed by atoms with Gasteiger partial charge in [-0.3, -0.25) is 24.2 Å². The summed E-state index contributed by atoms with van der Waals surface area (Å²) in [5, 5.41) is 3.21. The Balaban J connectivity index is 1.50. The number of hydrogen-bond acceptors (Lipinski definition) is 5. The Labute approximate surface area is 230 Å². The van der Waals surface area contributed by atoms with Crippen molar-refractivity contribution in [2.75, 3.05) is 18.9 Å². The molecule has 0 bridgehead atoms. The molecule has 1 unspecified atom stereocenters. The number of carbonyl (C=O) groups is 4. The van der Waals surface area contributed by atoms with E-state index in [2.05, 4.69) is 10.3 Å². The number of benzene rings is 1. The van der Waals surface area contributed by atoms with Crippen molar-refractivity contribution in [1.82, 2.24) is 14.8 Å². The van der Waals surface area contributed by atoms with Gasteiger partial charge < -0.3 is 20.9 Å². The lowest BCUT2D eigenvalue weighted by Gasteiger charge is -2.36. The average Bonchev–Trinajstić information content (AvgIpc) is 3.53. The molecule has 39 heavy (non-hydrogen) atoms. The molecule has 1 aliphatic carbocycles. The van der Waals surface area contributed by atoms with Gasteiger partial charge in [0.1, 0.15) is 17.8 Å². The van der Waals surface area contributed by atoms with Crippen LogP contribution in [-0.2, 0) is 30.0 Å². The summed E-state index contributed by atoms with van der Waals surface area (Å²) in [4.78, 5) is 60.5. The van der Waals surface area contributed by atoms with Crippen LogP contribution in [-0.4, -0.2) is 69.8 Å². The predicted molar refractivity (Wildman–Crippen MR) is 143 cm³/mol. The van der Waals surface area contributed by atoms with Gasteiger partial charge in [0, 0.05) is 43.1 Å². The summed E-state index contributed by atoms with van der Waals surface area (Å²) in [6, 6.07) is 6.13. The van der Waals surface area contributed by atoms with Crippen molar-refractivity contribution in [2.24, 2.45) is 5.73 Å². The normalized spacial score (nSPS) is 23.8. The van der Waals surface area contributed by atoms with Crippen molar-refractivity contribution < 1.29 is 23.6 Å². The van der Waals surface area contributed by atoms with E-state index in [1.165, 1.54) is 30.7 Å². The molecule has 3 heterocycles. The largest absolute Gasteiger partial charge is 0.368 e. The van der Waals surface area contributed by atoms with E-state index in [-0.39, 0.29) is 31.2 Å². The highest BCUT2D eigenvalue weighted by Gasteiger charge is 2.59. The van der Waals surface area contributed by atoms with E-state index < -0.39 is 40.4 Å². The number of pyridine rings is 1. The molecule has 3 aliphatic rings. The Hall–Kier alpha value is -3.53. The van der Waals surface area contributed by atoms with Crippen molar-refractivity contribution in [3.8, 4) is 0 Å². The number of rotatable bonds is 7. The third-order valence-electron chi connectivity index (χ3n) is 8.29. The number of likely N-dealkylation sites (N-methyl/N-ethyl adjacent to an activating group) is 1. The Morgan fingerprint density at radius 1 is 1.26 bits per heavy atom. The minimum atomic E-state index is -1.81. The summed E-state index contributed by atoms with van der Waals surface area (Å²) in [6.45, 7) is 2.52. The molecule has 1 spiro atoms. The number of primary amides is 1. The van der Waals surface area contributed by atoms with Crippen LogP contribution in [0, 0.1) is 0 Å². The second kappa shape index (κ2) is 9.29. The summed E-state index contributed by atoms with van der Waals surface area (Å²) < 4.78 is 15.1. The molecule has 1 saturated heterocycles. The van der Waals surface area contributed by atoms with E-state index in [9.17, 15) is 19.2 Å². The third-order valence-corrected chi connectivity index (χ3v) is 8.53. The summed E-state index contributed by atoms with van der Waals surface area (Å²) in [5.41, 5.74) is 3.77. The number of nitrogens with one attached hydrogen (secondary N) is 1. The Morgan fingerprint density at radius 3 is 2.51 bits per heavy atom. The maximum atomic E-state index is 15.1. The fraction of sp³-hybridized carbons (Fsp3) is 0.464. The average molecular weight is 556 g/mol. The minimum Gasteiger partial charge on any atom is -0.368 e. The van der Waals surface area contributed by atoms with E-state index in [4.69, 9.17) is 17.3 Å². The number of fused-ring (bicyclic) bond motifs is 2. The smallest absolute Gasteiger partial charge is 0.246 e. The second-order valence-corrected chi connectivity index (χ2v) is 11.9. The van der Waals surface area contributed by atoms with Crippen LogP contribution in [0.15, 0.2) is 42.7 Å². The first kappa shape index (κ1) is 27.1. The van der Waals surface area contributed by atoms with Crippen LogP contribution >= 0.6 is 11.6 Å². The van der Waals surface area contributed by atoms with Crippen LogP contribution in [0.25, 0.3) is 0 Å². The number of nitrogens with two attached hydrogens (primary N) is 1. The summed E-state index contributed by atoms with van der Waals surface area (Å²) in [6.07, 6.45) is 4.05. The lowest BCUT2D eigenvalue weighted by molar-refractivity contribution is -0.149. The zero-order chi connectivity index (χ0) is 28.3. The predicted octanol–water partition coefficient (Wildman–Crippen LogP) is 2.71. The van der Waals surface area contributed by atoms with Crippen molar-refractivity contribution in [2.45, 2.75) is 68.1 Å². The molecule has 2 aromatic rings. The molecule has 2 fully saturated rings. The Morgan fingerprint density at radius 2 is 1.92 bits per heavy atom. The fourth-order valence-electron chi connectivity index (χ4n) is 6.08. The number of hydrogen-bond donors (Lipinski definition) is 2. The van der Waals surface area contributed by atoms with Crippen LogP contribution in [0.5, 0.6) is 0 Å². The van der Waals surface area contributed by atoms with Crippen LogP contribution in [0.2, 0.25) is 5.02 Å². The van der Waals surface area contributed by atoms with Crippen LogP contribution in [0.3, 0.4) is 0 Å². The standard InChI is InChI=1S/C28H31ClFN5O4/c1-26(2,30)13-21(34(3)25(39)27(8-9-27)16-6-10-32-11-7-16)23(37)35-15-28(14-20(35)22(31)36)18-12-17(29)4-5-19(18)33-24(28)38/h4-7,10-12,20-21H,8-9,13-15H2,1-3H3,(H2,31,36)(H,33,38)/t20?,21-,28-/m0/s1. The number of halogens is 2. The monoisotopic (exact) mass is 555 g/mol. The molecule has 206 valence electrons. The molecule has 2 aliphatic heterocycles. The summed E-state index contributed by atoms with van der Waals surface area (Å²) in [7, 11) is 1.49. The number of anilines is 1. The van der Waals surface area contributed by atoms with Crippen LogP contribution < -0.4 is 11.1 Å². The van der Waals surface area contributed by atoms with Crippen LogP contribution in [0.1, 0.15) is 50.7 Å². The first-order chi connectivity index (χ1) is 18.3. The highest BCUT2D eigenvalue weighted by atomic mass is 35.5. The van der Waals surface area contributed by atoms with Gasteiger partial charge in [0.05, 0.1) is 10.8 Å². The number of alkyl halides is 1. The summed E-state index contributed by atoms with van der Waals surface area (Å²) >= 11 is 6.23. The molecule has 3 N–H and O–H groups in total. The van der Waals surface area contributed by atoms with Gasteiger partial charge in [0.25, 0.3) is 0 Å². The van der Waals surface area contributed by atoms with Gasteiger partial charge in [-0.2, -0.15) is 0 Å². The molecular formula is C28H31ClFN5O4. The lowest BCUT2D eigenvalue weighted by Crippen LogP contribution is -2.56. The van der Waals surface area contributed by atoms with Crippen molar-refractivity contribution in [1.29, 1.82) is 0 Å². The molecular weight excluding hydrogens is 525 g/mol. The Bertz CT molecular complexity index is 1360. The number of aromatic nitrogens is 1. The van der Waals surface area contributed by atoms with Crippen LogP contribution in [0.4, 0.5) is 10.1 Å². The molecule has 1 saturated carbocycles. The molecule has 4 amide bonds. The van der Waals surface area contributed by atoms with Gasteiger partial charge in [-0.05, 0) is 74.6 Å². The molecule has 11 heteroatoms. The number of likely N-dealkylation sites (tertiary alicyclic amines) is 1. The molecule has 0 radical (unpaired) electrons. The molecule has 5 rings (SSSR count). The van der Waals surface area contributed by atoms with Gasteiger partial charge in [-0.1, -0.05) is 11.6 Å². The zero-order valence-corrected chi connectivity index (χ0v) is 22.8. The molecule has 1 aromatic heterocycles. The van der Waals surface area contributed by atoms with Gasteiger partial charge in [-0.15, -0.1) is 0 Å². The number of nitrogens with zero attached hydrogens (tertiary/aromatic N) is 3. The highest BCUT2D eigenvalue weighted by molar-refractivity contribution is 6.31. The molecule has 9 nitrogen and oxygen atoms in total. The SMILES string of the molecule is CN(C(=O)C1(c2ccncc2)CC1)[C@@H](CC(C)(C)F)C(=O)N1C[C@]2(CC1C(N)=O)C(=O)Nc1ccc(Cl)cc12. The van der Waals surface area contributed by atoms with Crippen molar-refractivity contribution >= 4 is 40.9 Å². The molecule has 1 aromatic carbocycles. The third kappa shape index (κ3) is 4.54. The maximum Gasteiger partial charge on any atom is 0.246 e. The van der Waals surface area contributed by atoms with Gasteiger partial charge in [0.15, 0.2) is 0 Å². The second-order valence-electron chi connectivity index (χ2n) is 11.5. The fourth-order valence-corrected chi connectivity index (χ4v) is 6.25. The van der Waals surface area contributed by atoms with Crippen molar-refractivity contribution in [3.63, 3.8) is 0 Å². The zero-order valence-electron chi connectivity index (χ0n) is 22.0. The van der Waals surface area contributed by atoms with E-state index in [0.717, 1.165) is 5.56 Å². The maximum absolute atomic E-state index is 15.1. The minimum absolute atomic E-state index is 0.0440. The van der Waals surface area contributed by atoms with E-state index >= 15 is 4.39 Å². The van der Waals surface area contributed by atoms with E-state index in [1.54, 1.807) is 42.7 Å². The lowest BCUT2D eigenvalue weighted by atomic mass is 9.79. The quantitative estimate of drug-likeness (QED) is 0.543. The Kier molecular flexibility index (Phi) is 6.44. The topological polar surface area (TPSA) is 126 Å². The highest BCUT2D eigenvalue weighted by Crippen LogP contribution is 2.50. The number of amides is 4. The summed E-state index contributed by atoms with van der Waals surface area (Å²) in [5.74, 6) is -2.10. The van der Waals surface area contributed by atoms with Gasteiger partial charge >= 0.3 is 0 Å². The van der Waals surface area contributed by atoms with Gasteiger partial charge in [-0.25, -0.2) is 4.39 Å². The van der Waals surface area contributed by atoms with E-state index in [1.807, 2.05) is 0 Å². The number of carbonyl (C=O) groups excluding carboxylic acids is 4. The van der Waals surface area contributed by atoms with Gasteiger partial charge in [0.2, 0.25) is 23.6 Å². The first-order valence-corrected chi connectivity index (χ1v) is 13.2.